The highest BCUT2D eigenvalue weighted by Crippen LogP contribution is 2.16. The number of rotatable bonds is 6. The second-order valence-electron chi connectivity index (χ2n) is 5.02. The molecule has 1 rings (SSSR count). The Morgan fingerprint density at radius 1 is 1.37 bits per heavy atom. The van der Waals surface area contributed by atoms with E-state index in [-0.39, 0.29) is 5.91 Å². The predicted molar refractivity (Wildman–Crippen MR) is 76.4 cm³/mol. The van der Waals surface area contributed by atoms with Crippen LogP contribution in [0.4, 0.5) is 5.69 Å². The summed E-state index contributed by atoms with van der Waals surface area (Å²) in [5.74, 6) is 0.864. The van der Waals surface area contributed by atoms with Crippen LogP contribution in [0.5, 0.6) is 0 Å². The van der Waals surface area contributed by atoms with Crippen LogP contribution in [0.2, 0.25) is 0 Å². The van der Waals surface area contributed by atoms with Gasteiger partial charge in [-0.2, -0.15) is 5.26 Å². The molecule has 0 fully saturated rings. The summed E-state index contributed by atoms with van der Waals surface area (Å²) in [6.45, 7) is 4.86. The Kier molecular flexibility index (Phi) is 6.04. The van der Waals surface area contributed by atoms with E-state index in [1.807, 2.05) is 6.07 Å². The molecule has 0 bridgehead atoms. The molecule has 19 heavy (non-hydrogen) atoms. The average Bonchev–Trinajstić information content (AvgIpc) is 2.40. The van der Waals surface area contributed by atoms with E-state index in [0.717, 1.165) is 12.1 Å². The largest absolute Gasteiger partial charge is 0.330 e. The molecule has 4 nitrogen and oxygen atoms in total. The number of nitrogens with two attached hydrogens (primary N) is 1. The van der Waals surface area contributed by atoms with E-state index in [9.17, 15) is 4.79 Å². The Labute approximate surface area is 114 Å². The minimum Gasteiger partial charge on any atom is -0.330 e. The normalized spacial score (nSPS) is 11.9. The maximum atomic E-state index is 11.8. The zero-order chi connectivity index (χ0) is 14.3. The van der Waals surface area contributed by atoms with Crippen LogP contribution in [0.15, 0.2) is 24.3 Å². The molecule has 102 valence electrons. The molecule has 1 amide bonds. The van der Waals surface area contributed by atoms with Gasteiger partial charge in [0.25, 0.3) is 0 Å². The van der Waals surface area contributed by atoms with Crippen molar-refractivity contribution in [2.75, 3.05) is 11.9 Å². The van der Waals surface area contributed by atoms with Gasteiger partial charge in [-0.25, -0.2) is 0 Å². The highest BCUT2D eigenvalue weighted by atomic mass is 16.1. The Bertz CT molecular complexity index is 445. The summed E-state index contributed by atoms with van der Waals surface area (Å²) in [6, 6.07) is 8.89. The molecule has 0 aliphatic heterocycles. The van der Waals surface area contributed by atoms with Crippen LogP contribution in [0.3, 0.4) is 0 Å². The number of carbonyl (C=O) groups excluding carboxylic acids is 1. The average molecular weight is 259 g/mol. The lowest BCUT2D eigenvalue weighted by Gasteiger charge is -2.18. The summed E-state index contributed by atoms with van der Waals surface area (Å²) in [5, 5.41) is 11.5. The van der Waals surface area contributed by atoms with E-state index in [1.54, 1.807) is 24.3 Å². The third kappa shape index (κ3) is 5.11. The molecule has 0 heterocycles. The molecule has 0 aromatic heterocycles. The van der Waals surface area contributed by atoms with Crippen molar-refractivity contribution in [3.8, 4) is 6.07 Å². The van der Waals surface area contributed by atoms with Gasteiger partial charge in [0.05, 0.1) is 11.6 Å². The third-order valence-corrected chi connectivity index (χ3v) is 3.29. The van der Waals surface area contributed by atoms with Crippen LogP contribution in [0.1, 0.15) is 32.3 Å². The van der Waals surface area contributed by atoms with Crippen molar-refractivity contribution in [1.82, 2.24) is 0 Å². The van der Waals surface area contributed by atoms with Crippen LogP contribution in [-0.2, 0) is 4.79 Å². The highest BCUT2D eigenvalue weighted by molar-refractivity contribution is 5.90. The first-order chi connectivity index (χ1) is 9.06. The molecule has 0 saturated carbocycles. The molecule has 1 aromatic carbocycles. The van der Waals surface area contributed by atoms with Crippen LogP contribution in [-0.4, -0.2) is 12.5 Å². The Hall–Kier alpha value is -1.86. The van der Waals surface area contributed by atoms with Crippen LogP contribution < -0.4 is 11.1 Å². The minimum atomic E-state index is -0.0104. The Morgan fingerprint density at radius 3 is 2.47 bits per heavy atom. The molecule has 1 unspecified atom stereocenters. The van der Waals surface area contributed by atoms with Crippen molar-refractivity contribution in [3.63, 3.8) is 0 Å². The number of benzene rings is 1. The van der Waals surface area contributed by atoms with E-state index < -0.39 is 0 Å². The number of nitriles is 1. The first-order valence-electron chi connectivity index (χ1n) is 6.57. The third-order valence-electron chi connectivity index (χ3n) is 3.29. The van der Waals surface area contributed by atoms with Crippen LogP contribution in [0.25, 0.3) is 0 Å². The summed E-state index contributed by atoms with van der Waals surface area (Å²) in [7, 11) is 0. The summed E-state index contributed by atoms with van der Waals surface area (Å²) < 4.78 is 0. The van der Waals surface area contributed by atoms with Crippen LogP contribution in [0, 0.1) is 23.2 Å². The monoisotopic (exact) mass is 259 g/mol. The van der Waals surface area contributed by atoms with Gasteiger partial charge in [-0.1, -0.05) is 13.8 Å². The topological polar surface area (TPSA) is 78.9 Å². The summed E-state index contributed by atoms with van der Waals surface area (Å²) in [5.41, 5.74) is 6.99. The SMILES string of the molecule is CC(C)C(CN)CCC(=O)Nc1ccc(C#N)cc1. The first-order valence-corrected chi connectivity index (χ1v) is 6.57. The van der Waals surface area contributed by atoms with E-state index >= 15 is 0 Å². The quantitative estimate of drug-likeness (QED) is 0.823. The lowest BCUT2D eigenvalue weighted by Crippen LogP contribution is -2.22. The van der Waals surface area contributed by atoms with Gasteiger partial charge in [0.1, 0.15) is 0 Å². The van der Waals surface area contributed by atoms with Gasteiger partial charge in [-0.15, -0.1) is 0 Å². The molecule has 1 aromatic rings. The van der Waals surface area contributed by atoms with Gasteiger partial charge in [0, 0.05) is 12.1 Å². The zero-order valence-corrected chi connectivity index (χ0v) is 11.5. The molecular weight excluding hydrogens is 238 g/mol. The number of amides is 1. The Morgan fingerprint density at radius 2 is 2.00 bits per heavy atom. The van der Waals surface area contributed by atoms with Gasteiger partial charge in [0.15, 0.2) is 0 Å². The number of nitrogens with zero attached hydrogens (tertiary/aromatic N) is 1. The van der Waals surface area contributed by atoms with Gasteiger partial charge in [0.2, 0.25) is 5.91 Å². The maximum Gasteiger partial charge on any atom is 0.224 e. The molecule has 1 atom stereocenters. The van der Waals surface area contributed by atoms with Crippen molar-refractivity contribution in [2.45, 2.75) is 26.7 Å². The van der Waals surface area contributed by atoms with E-state index in [2.05, 4.69) is 19.2 Å². The summed E-state index contributed by atoms with van der Waals surface area (Å²) >= 11 is 0. The van der Waals surface area contributed by atoms with Gasteiger partial charge in [-0.3, -0.25) is 4.79 Å². The van der Waals surface area contributed by atoms with E-state index in [0.29, 0.717) is 30.4 Å². The number of carbonyl (C=O) groups is 1. The standard InChI is InChI=1S/C15H21N3O/c1-11(2)13(10-17)5-8-15(19)18-14-6-3-12(9-16)4-7-14/h3-4,6-7,11,13H,5,8,10,17H2,1-2H3,(H,18,19). The van der Waals surface area contributed by atoms with Crippen molar-refractivity contribution < 1.29 is 4.79 Å². The van der Waals surface area contributed by atoms with Crippen molar-refractivity contribution in [3.05, 3.63) is 29.8 Å². The second kappa shape index (κ2) is 7.55. The van der Waals surface area contributed by atoms with Crippen molar-refractivity contribution in [1.29, 1.82) is 5.26 Å². The molecule has 0 aliphatic carbocycles. The van der Waals surface area contributed by atoms with E-state index in [1.165, 1.54) is 0 Å². The number of anilines is 1. The van der Waals surface area contributed by atoms with Gasteiger partial charge >= 0.3 is 0 Å². The smallest absolute Gasteiger partial charge is 0.224 e. The number of hydrogen-bond acceptors (Lipinski definition) is 3. The molecule has 4 heteroatoms. The van der Waals surface area contributed by atoms with Gasteiger partial charge in [-0.05, 0) is 49.1 Å². The zero-order valence-electron chi connectivity index (χ0n) is 11.5. The second-order valence-corrected chi connectivity index (χ2v) is 5.02. The molecule has 0 spiro atoms. The maximum absolute atomic E-state index is 11.8. The fourth-order valence-electron chi connectivity index (χ4n) is 1.89. The molecular formula is C15H21N3O. The highest BCUT2D eigenvalue weighted by Gasteiger charge is 2.13. The lowest BCUT2D eigenvalue weighted by atomic mass is 9.91. The molecule has 3 N–H and O–H groups in total. The number of hydrogen-bond donors (Lipinski definition) is 2. The summed E-state index contributed by atoms with van der Waals surface area (Å²) in [6.07, 6.45) is 1.27. The van der Waals surface area contributed by atoms with E-state index in [4.69, 9.17) is 11.0 Å². The minimum absolute atomic E-state index is 0.0104. The fourth-order valence-corrected chi connectivity index (χ4v) is 1.89. The van der Waals surface area contributed by atoms with Crippen molar-refractivity contribution >= 4 is 11.6 Å². The fraction of sp³-hybridized carbons (Fsp3) is 0.467. The lowest BCUT2D eigenvalue weighted by molar-refractivity contribution is -0.116. The summed E-state index contributed by atoms with van der Waals surface area (Å²) in [4.78, 5) is 11.8. The predicted octanol–water partition coefficient (Wildman–Crippen LogP) is 2.51. The van der Waals surface area contributed by atoms with Crippen LogP contribution >= 0.6 is 0 Å². The Balaban J connectivity index is 2.44. The number of nitrogens with one attached hydrogen (secondary N) is 1. The first kappa shape index (κ1) is 15.2. The molecule has 0 aliphatic rings. The molecule has 0 saturated heterocycles. The van der Waals surface area contributed by atoms with Gasteiger partial charge < -0.3 is 11.1 Å². The van der Waals surface area contributed by atoms with Crippen molar-refractivity contribution in [2.24, 2.45) is 17.6 Å². The molecule has 0 radical (unpaired) electrons.